The van der Waals surface area contributed by atoms with E-state index in [9.17, 15) is 4.79 Å². The van der Waals surface area contributed by atoms with Crippen LogP contribution in [-0.2, 0) is 11.3 Å². The Kier molecular flexibility index (Phi) is 6.32. The minimum Gasteiger partial charge on any atom is -0.493 e. The molecule has 0 unspecified atom stereocenters. The fourth-order valence-corrected chi connectivity index (χ4v) is 2.30. The van der Waals surface area contributed by atoms with E-state index < -0.39 is 6.10 Å². The molecular formula is C18H20ClNO4. The van der Waals surface area contributed by atoms with Crippen LogP contribution in [0.5, 0.6) is 17.2 Å². The van der Waals surface area contributed by atoms with E-state index in [0.717, 1.165) is 5.56 Å². The maximum atomic E-state index is 12.2. The van der Waals surface area contributed by atoms with Gasteiger partial charge in [0.1, 0.15) is 5.75 Å². The Hall–Kier alpha value is -2.40. The molecule has 2 aromatic carbocycles. The average molecular weight is 350 g/mol. The highest BCUT2D eigenvalue weighted by atomic mass is 35.5. The minimum atomic E-state index is -0.636. The van der Waals surface area contributed by atoms with Gasteiger partial charge >= 0.3 is 0 Å². The fourth-order valence-electron chi connectivity index (χ4n) is 2.12. The van der Waals surface area contributed by atoms with Gasteiger partial charge < -0.3 is 19.5 Å². The SMILES string of the molecule is COc1ccc(CNC(=O)[C@@H](C)Oc2cccc(Cl)c2)cc1OC. The summed E-state index contributed by atoms with van der Waals surface area (Å²) < 4.78 is 16.0. The average Bonchev–Trinajstić information content (AvgIpc) is 2.59. The second-order valence-electron chi connectivity index (χ2n) is 5.12. The Balaban J connectivity index is 1.92. The van der Waals surface area contributed by atoms with Crippen LogP contribution in [0.25, 0.3) is 0 Å². The first-order chi connectivity index (χ1) is 11.5. The Bertz CT molecular complexity index is 705. The Morgan fingerprint density at radius 3 is 2.54 bits per heavy atom. The van der Waals surface area contributed by atoms with Gasteiger partial charge in [0, 0.05) is 11.6 Å². The quantitative estimate of drug-likeness (QED) is 0.832. The first-order valence-corrected chi connectivity index (χ1v) is 7.82. The summed E-state index contributed by atoms with van der Waals surface area (Å²) in [6.45, 7) is 2.05. The summed E-state index contributed by atoms with van der Waals surface area (Å²) >= 11 is 5.90. The van der Waals surface area contributed by atoms with Crippen LogP contribution in [0.3, 0.4) is 0 Å². The maximum absolute atomic E-state index is 12.2. The van der Waals surface area contributed by atoms with Gasteiger partial charge in [-0.25, -0.2) is 0 Å². The summed E-state index contributed by atoms with van der Waals surface area (Å²) in [5.74, 6) is 1.60. The predicted octanol–water partition coefficient (Wildman–Crippen LogP) is 3.44. The van der Waals surface area contributed by atoms with Gasteiger partial charge in [0.25, 0.3) is 5.91 Å². The summed E-state index contributed by atoms with van der Waals surface area (Å²) in [5, 5.41) is 3.39. The summed E-state index contributed by atoms with van der Waals surface area (Å²) in [7, 11) is 3.15. The van der Waals surface area contributed by atoms with Crippen molar-refractivity contribution in [3.63, 3.8) is 0 Å². The van der Waals surface area contributed by atoms with Crippen molar-refractivity contribution in [1.29, 1.82) is 0 Å². The minimum absolute atomic E-state index is 0.218. The van der Waals surface area contributed by atoms with Gasteiger partial charge in [-0.1, -0.05) is 23.7 Å². The van der Waals surface area contributed by atoms with Crippen LogP contribution in [0.4, 0.5) is 0 Å². The number of methoxy groups -OCH3 is 2. The lowest BCUT2D eigenvalue weighted by atomic mass is 10.2. The van der Waals surface area contributed by atoms with E-state index in [1.54, 1.807) is 51.5 Å². The third-order valence-electron chi connectivity index (χ3n) is 3.39. The van der Waals surface area contributed by atoms with Crippen molar-refractivity contribution in [1.82, 2.24) is 5.32 Å². The zero-order valence-corrected chi connectivity index (χ0v) is 14.6. The third kappa shape index (κ3) is 4.80. The molecule has 1 N–H and O–H groups in total. The smallest absolute Gasteiger partial charge is 0.261 e. The Morgan fingerprint density at radius 2 is 1.88 bits per heavy atom. The van der Waals surface area contributed by atoms with Gasteiger partial charge in [0.2, 0.25) is 0 Å². The molecule has 2 aromatic rings. The molecule has 0 bridgehead atoms. The molecule has 2 rings (SSSR count). The number of hydrogen-bond donors (Lipinski definition) is 1. The molecule has 0 aliphatic heterocycles. The summed E-state index contributed by atoms with van der Waals surface area (Å²) in [6.07, 6.45) is -0.636. The molecular weight excluding hydrogens is 330 g/mol. The van der Waals surface area contributed by atoms with E-state index in [1.165, 1.54) is 0 Å². The maximum Gasteiger partial charge on any atom is 0.261 e. The monoisotopic (exact) mass is 349 g/mol. The molecule has 0 aliphatic carbocycles. The van der Waals surface area contributed by atoms with Gasteiger partial charge in [-0.3, -0.25) is 4.79 Å². The van der Waals surface area contributed by atoms with E-state index in [4.69, 9.17) is 25.8 Å². The van der Waals surface area contributed by atoms with E-state index in [-0.39, 0.29) is 5.91 Å². The number of hydrogen-bond acceptors (Lipinski definition) is 4. The normalized spacial score (nSPS) is 11.5. The molecule has 0 saturated carbocycles. The molecule has 0 radical (unpaired) electrons. The van der Waals surface area contributed by atoms with Crippen LogP contribution in [0.15, 0.2) is 42.5 Å². The van der Waals surface area contributed by atoms with Crippen molar-refractivity contribution in [3.05, 3.63) is 53.1 Å². The molecule has 6 heteroatoms. The Morgan fingerprint density at radius 1 is 1.12 bits per heavy atom. The van der Waals surface area contributed by atoms with Crippen molar-refractivity contribution < 1.29 is 19.0 Å². The number of rotatable bonds is 7. The molecule has 1 atom stereocenters. The molecule has 0 fully saturated rings. The van der Waals surface area contributed by atoms with E-state index in [0.29, 0.717) is 28.8 Å². The van der Waals surface area contributed by atoms with Crippen molar-refractivity contribution in [2.45, 2.75) is 19.6 Å². The second-order valence-corrected chi connectivity index (χ2v) is 5.56. The lowest BCUT2D eigenvalue weighted by Crippen LogP contribution is -2.35. The lowest BCUT2D eigenvalue weighted by Gasteiger charge is -2.15. The van der Waals surface area contributed by atoms with Crippen molar-refractivity contribution in [3.8, 4) is 17.2 Å². The molecule has 24 heavy (non-hydrogen) atoms. The first-order valence-electron chi connectivity index (χ1n) is 7.44. The lowest BCUT2D eigenvalue weighted by molar-refractivity contribution is -0.127. The molecule has 5 nitrogen and oxygen atoms in total. The number of carbonyl (C=O) groups excluding carboxylic acids is 1. The zero-order chi connectivity index (χ0) is 17.5. The number of amides is 1. The molecule has 0 aromatic heterocycles. The molecule has 1 amide bonds. The third-order valence-corrected chi connectivity index (χ3v) is 3.63. The number of carbonyl (C=O) groups is 1. The number of ether oxygens (including phenoxy) is 3. The van der Waals surface area contributed by atoms with Gasteiger partial charge in [-0.2, -0.15) is 0 Å². The van der Waals surface area contributed by atoms with Gasteiger partial charge in [-0.15, -0.1) is 0 Å². The predicted molar refractivity (Wildman–Crippen MR) is 92.9 cm³/mol. The van der Waals surface area contributed by atoms with Crippen LogP contribution in [0.2, 0.25) is 5.02 Å². The summed E-state index contributed by atoms with van der Waals surface area (Å²) in [6, 6.07) is 12.4. The highest BCUT2D eigenvalue weighted by Crippen LogP contribution is 2.27. The van der Waals surface area contributed by atoms with E-state index >= 15 is 0 Å². The molecule has 0 heterocycles. The van der Waals surface area contributed by atoms with Crippen molar-refractivity contribution in [2.75, 3.05) is 14.2 Å². The van der Waals surface area contributed by atoms with Crippen LogP contribution in [0.1, 0.15) is 12.5 Å². The number of halogens is 1. The largest absolute Gasteiger partial charge is 0.493 e. The van der Waals surface area contributed by atoms with Crippen LogP contribution < -0.4 is 19.5 Å². The fraction of sp³-hybridized carbons (Fsp3) is 0.278. The molecule has 0 spiro atoms. The van der Waals surface area contributed by atoms with Crippen molar-refractivity contribution in [2.24, 2.45) is 0 Å². The van der Waals surface area contributed by atoms with Crippen molar-refractivity contribution >= 4 is 17.5 Å². The highest BCUT2D eigenvalue weighted by molar-refractivity contribution is 6.30. The van der Waals surface area contributed by atoms with Crippen LogP contribution >= 0.6 is 11.6 Å². The summed E-state index contributed by atoms with van der Waals surface area (Å²) in [5.41, 5.74) is 0.899. The number of nitrogens with one attached hydrogen (secondary N) is 1. The second kappa shape index (κ2) is 8.45. The zero-order valence-electron chi connectivity index (χ0n) is 13.8. The number of benzene rings is 2. The molecule has 0 saturated heterocycles. The van der Waals surface area contributed by atoms with Gasteiger partial charge in [0.05, 0.1) is 14.2 Å². The van der Waals surface area contributed by atoms with E-state index in [2.05, 4.69) is 5.32 Å². The van der Waals surface area contributed by atoms with Gasteiger partial charge in [0.15, 0.2) is 17.6 Å². The molecule has 128 valence electrons. The van der Waals surface area contributed by atoms with Crippen LogP contribution in [-0.4, -0.2) is 26.2 Å². The molecule has 0 aliphatic rings. The highest BCUT2D eigenvalue weighted by Gasteiger charge is 2.15. The van der Waals surface area contributed by atoms with E-state index in [1.807, 2.05) is 12.1 Å². The topological polar surface area (TPSA) is 56.8 Å². The van der Waals surface area contributed by atoms with Gasteiger partial charge in [-0.05, 0) is 42.8 Å². The Labute approximate surface area is 146 Å². The standard InChI is InChI=1S/C18H20ClNO4/c1-12(24-15-6-4-5-14(19)10-15)18(21)20-11-13-7-8-16(22-2)17(9-13)23-3/h4-10,12H,11H2,1-3H3,(H,20,21)/t12-/m1/s1. The summed E-state index contributed by atoms with van der Waals surface area (Å²) in [4.78, 5) is 12.2. The van der Waals surface area contributed by atoms with Crippen LogP contribution in [0, 0.1) is 0 Å². The first kappa shape index (κ1) is 17.9.